The minimum Gasteiger partial charge on any atom is -0.382 e. The molecule has 0 aromatic rings. The number of hydrogen-bond donors (Lipinski definition) is 2. The number of halogens is 3. The van der Waals surface area contributed by atoms with Crippen LogP contribution in [0.1, 0.15) is 149 Å². The maximum absolute atomic E-state index is 14.1. The van der Waals surface area contributed by atoms with E-state index in [1.165, 1.54) is 77.0 Å². The molecule has 0 bridgehead atoms. The predicted octanol–water partition coefficient (Wildman–Crippen LogP) is 12.6. The third kappa shape index (κ3) is 23.8. The van der Waals surface area contributed by atoms with Crippen LogP contribution >= 0.6 is 42.6 Å². The standard InChI is InChI=1S/C44H79Cl3NO10P/c1-7-11-13-15-16-17-18-19-20-21-22-23-24-25-27-29-34-54-41-40(53-35-31-37(52-6)30-28-26-14-12-8-2)39(58-59(50,55-32-9-3)56-33-10-4)38(36-51-5)57-43(41,49)42(48)44(45,46)47/h9-10,17-18,37-41,48-49H,3-4,7-8,11-16,19-36H2,1-2,5-6H3/b18-17-,48-42?/t37-,38-,39-,40+,41-,43?/m1/s1. The first-order valence-electron chi connectivity index (χ1n) is 22.1. The molecule has 2 N–H and O–H groups in total. The fourth-order valence-electron chi connectivity index (χ4n) is 6.97. The first kappa shape index (κ1) is 56.6. The topological polar surface area (TPSA) is 135 Å². The molecule has 0 amide bonds. The van der Waals surface area contributed by atoms with Gasteiger partial charge in [-0.2, -0.15) is 0 Å². The van der Waals surface area contributed by atoms with Crippen molar-refractivity contribution in [3.63, 3.8) is 0 Å². The number of rotatable bonds is 39. The molecule has 1 unspecified atom stereocenters. The van der Waals surface area contributed by atoms with Crippen molar-refractivity contribution >= 4 is 48.3 Å². The van der Waals surface area contributed by atoms with Gasteiger partial charge in [0.15, 0.2) is 0 Å². The second-order valence-corrected chi connectivity index (χ2v) is 19.2. The molecule has 1 saturated heterocycles. The number of phosphoric acid groups is 1. The fourth-order valence-corrected chi connectivity index (χ4v) is 8.71. The number of methoxy groups -OCH3 is 2. The Morgan fingerprint density at radius 3 is 1.83 bits per heavy atom. The van der Waals surface area contributed by atoms with Gasteiger partial charge in [-0.3, -0.25) is 19.0 Å². The normalized spacial score (nSPS) is 21.9. The first-order chi connectivity index (χ1) is 28.4. The molecule has 11 nitrogen and oxygen atoms in total. The molecule has 0 spiro atoms. The van der Waals surface area contributed by atoms with Crippen LogP contribution in [0.15, 0.2) is 37.5 Å². The van der Waals surface area contributed by atoms with Gasteiger partial charge < -0.3 is 28.8 Å². The van der Waals surface area contributed by atoms with Crippen LogP contribution in [0.4, 0.5) is 0 Å². The third-order valence-corrected chi connectivity index (χ3v) is 12.3. The van der Waals surface area contributed by atoms with E-state index in [2.05, 4.69) is 39.2 Å². The summed E-state index contributed by atoms with van der Waals surface area (Å²) in [6, 6.07) is 0. The zero-order valence-corrected chi connectivity index (χ0v) is 39.9. The van der Waals surface area contributed by atoms with Crippen molar-refractivity contribution in [1.82, 2.24) is 0 Å². The van der Waals surface area contributed by atoms with E-state index in [0.29, 0.717) is 12.8 Å². The molecule has 1 aliphatic rings. The zero-order chi connectivity index (χ0) is 43.8. The molecular formula is C44H79Cl3NO10P. The summed E-state index contributed by atoms with van der Waals surface area (Å²) in [6.07, 6.45) is 25.1. The number of ether oxygens (including phenoxy) is 5. The maximum Gasteiger partial charge on any atom is 0.475 e. The van der Waals surface area contributed by atoms with Gasteiger partial charge in [0.1, 0.15) is 30.1 Å². The van der Waals surface area contributed by atoms with E-state index >= 15 is 0 Å². The van der Waals surface area contributed by atoms with Gasteiger partial charge >= 0.3 is 7.82 Å². The highest BCUT2D eigenvalue weighted by atomic mass is 35.6. The van der Waals surface area contributed by atoms with Crippen LogP contribution in [0.3, 0.4) is 0 Å². The predicted molar refractivity (Wildman–Crippen MR) is 242 cm³/mol. The molecule has 0 aliphatic carbocycles. The van der Waals surface area contributed by atoms with Crippen LogP contribution in [0, 0.1) is 5.41 Å². The SMILES string of the molecule is C=CCOP(=O)(OCC=C)O[C@H]1[C@H](OCC[C@@H](CCCCCCC)OC)[C@@H](OCCCCCCCCCC/C=C\CCCCCC)C(O)(C(=N)C(Cl)(Cl)Cl)O[C@@H]1COC. The van der Waals surface area contributed by atoms with E-state index in [1.54, 1.807) is 7.11 Å². The lowest BCUT2D eigenvalue weighted by Crippen LogP contribution is -2.71. The lowest BCUT2D eigenvalue weighted by Gasteiger charge is -2.51. The fraction of sp³-hybridized carbons (Fsp3) is 0.841. The van der Waals surface area contributed by atoms with Crippen LogP contribution in [0.25, 0.3) is 0 Å². The number of nitrogens with one attached hydrogen (secondary N) is 1. The number of phosphoric ester groups is 1. The van der Waals surface area contributed by atoms with Gasteiger partial charge in [0.2, 0.25) is 9.58 Å². The molecule has 346 valence electrons. The van der Waals surface area contributed by atoms with Crippen molar-refractivity contribution in [2.45, 2.75) is 189 Å². The molecule has 6 atom stereocenters. The molecule has 1 rings (SSSR count). The third-order valence-electron chi connectivity index (χ3n) is 10.3. The highest BCUT2D eigenvalue weighted by Gasteiger charge is 2.62. The van der Waals surface area contributed by atoms with Gasteiger partial charge in [0.25, 0.3) is 0 Å². The van der Waals surface area contributed by atoms with Gasteiger partial charge in [0.05, 0.1) is 25.9 Å². The number of unbranched alkanes of at least 4 members (excludes halogenated alkanes) is 16. The summed E-state index contributed by atoms with van der Waals surface area (Å²) in [7, 11) is -1.27. The summed E-state index contributed by atoms with van der Waals surface area (Å²) in [6.45, 7) is 11.5. The summed E-state index contributed by atoms with van der Waals surface area (Å²) in [5, 5.41) is 21.1. The number of alkyl halides is 3. The Hall–Kier alpha value is -0.370. The van der Waals surface area contributed by atoms with Gasteiger partial charge in [-0.15, -0.1) is 13.2 Å². The van der Waals surface area contributed by atoms with Crippen molar-refractivity contribution in [2.75, 3.05) is 47.3 Å². The van der Waals surface area contributed by atoms with Crippen LogP contribution in [0.2, 0.25) is 0 Å². The molecule has 1 heterocycles. The summed E-state index contributed by atoms with van der Waals surface area (Å²) >= 11 is 18.7. The van der Waals surface area contributed by atoms with E-state index in [-0.39, 0.29) is 39.1 Å². The van der Waals surface area contributed by atoms with Crippen molar-refractivity contribution in [1.29, 1.82) is 5.41 Å². The minimum atomic E-state index is -4.35. The Labute approximate surface area is 372 Å². The number of hydrogen-bond acceptors (Lipinski definition) is 11. The molecule has 59 heavy (non-hydrogen) atoms. The zero-order valence-electron chi connectivity index (χ0n) is 36.7. The van der Waals surface area contributed by atoms with E-state index in [9.17, 15) is 9.67 Å². The van der Waals surface area contributed by atoms with E-state index < -0.39 is 47.5 Å². The second-order valence-electron chi connectivity index (χ2n) is 15.3. The molecule has 0 radical (unpaired) electrons. The Bertz CT molecular complexity index is 1160. The van der Waals surface area contributed by atoms with Gasteiger partial charge in [-0.05, 0) is 44.9 Å². The number of aliphatic hydroxyl groups is 1. The maximum atomic E-state index is 14.1. The summed E-state index contributed by atoms with van der Waals surface area (Å²) < 4.78 is 59.2. The largest absolute Gasteiger partial charge is 0.475 e. The molecule has 1 aliphatic heterocycles. The summed E-state index contributed by atoms with van der Waals surface area (Å²) in [4.78, 5) is 0. The second kappa shape index (κ2) is 34.1. The molecule has 15 heteroatoms. The van der Waals surface area contributed by atoms with Crippen molar-refractivity contribution in [3.05, 3.63) is 37.5 Å². The van der Waals surface area contributed by atoms with Crippen LogP contribution in [0.5, 0.6) is 0 Å². The summed E-state index contributed by atoms with van der Waals surface area (Å²) in [5.74, 6) is -2.61. The van der Waals surface area contributed by atoms with Crippen LogP contribution in [-0.2, 0) is 41.8 Å². The van der Waals surface area contributed by atoms with Crippen molar-refractivity contribution in [3.8, 4) is 0 Å². The van der Waals surface area contributed by atoms with Crippen molar-refractivity contribution in [2.24, 2.45) is 0 Å². The Kier molecular flexibility index (Phi) is 32.7. The average molecular weight is 919 g/mol. The lowest BCUT2D eigenvalue weighted by atomic mass is 9.89. The highest BCUT2D eigenvalue weighted by molar-refractivity contribution is 7.48. The van der Waals surface area contributed by atoms with Gasteiger partial charge in [0, 0.05) is 27.4 Å². The molecule has 0 saturated carbocycles. The van der Waals surface area contributed by atoms with Crippen molar-refractivity contribution < 1.29 is 46.9 Å². The van der Waals surface area contributed by atoms with Gasteiger partial charge in [-0.1, -0.05) is 163 Å². The highest BCUT2D eigenvalue weighted by Crippen LogP contribution is 2.53. The first-order valence-corrected chi connectivity index (χ1v) is 24.7. The summed E-state index contributed by atoms with van der Waals surface area (Å²) in [5.41, 5.74) is -0.786. The van der Waals surface area contributed by atoms with Crippen LogP contribution in [-0.4, -0.2) is 98.2 Å². The molecule has 0 aromatic heterocycles. The smallest absolute Gasteiger partial charge is 0.382 e. The molecular weight excluding hydrogens is 840 g/mol. The average Bonchev–Trinajstić information content (AvgIpc) is 3.21. The monoisotopic (exact) mass is 917 g/mol. The Morgan fingerprint density at radius 1 is 0.780 bits per heavy atom. The van der Waals surface area contributed by atoms with E-state index in [0.717, 1.165) is 64.2 Å². The molecule has 1 fully saturated rings. The quantitative estimate of drug-likeness (QED) is 0.0202. The van der Waals surface area contributed by atoms with Crippen LogP contribution < -0.4 is 0 Å². The lowest BCUT2D eigenvalue weighted by molar-refractivity contribution is -0.331. The van der Waals surface area contributed by atoms with Gasteiger partial charge in [-0.25, -0.2) is 4.57 Å². The number of allylic oxidation sites excluding steroid dienone is 2. The van der Waals surface area contributed by atoms with E-state index in [4.69, 9.17) is 77.5 Å². The van der Waals surface area contributed by atoms with E-state index in [1.807, 2.05) is 0 Å². The minimum absolute atomic E-state index is 0.108. The molecule has 0 aromatic carbocycles. The Balaban J connectivity index is 3.18. The Morgan fingerprint density at radius 2 is 1.31 bits per heavy atom.